The second-order valence-corrected chi connectivity index (χ2v) is 8.66. The van der Waals surface area contributed by atoms with Crippen molar-refractivity contribution in [3.63, 3.8) is 0 Å². The molecule has 0 aliphatic rings. The molecule has 2 aromatic carbocycles. The first kappa shape index (κ1) is 24.6. The third-order valence-electron chi connectivity index (χ3n) is 4.62. The number of unbranched alkanes of at least 4 members (excludes halogenated alkanes) is 1. The molecular formula is C21H27FN2O6S. The number of hydroxylamine groups is 1. The number of hydrogen-bond acceptors (Lipinski definition) is 6. The van der Waals surface area contributed by atoms with Gasteiger partial charge in [-0.2, -0.15) is 4.31 Å². The summed E-state index contributed by atoms with van der Waals surface area (Å²) in [4.78, 5) is 12.0. The maximum Gasteiger partial charge on any atom is 0.261 e. The van der Waals surface area contributed by atoms with E-state index in [1.807, 2.05) is 0 Å². The van der Waals surface area contributed by atoms with Crippen molar-refractivity contribution in [1.82, 2.24) is 9.79 Å². The van der Waals surface area contributed by atoms with Crippen molar-refractivity contribution in [2.75, 3.05) is 20.4 Å². The van der Waals surface area contributed by atoms with Crippen LogP contribution >= 0.6 is 0 Å². The molecule has 0 saturated carbocycles. The Morgan fingerprint density at radius 3 is 2.48 bits per heavy atom. The third-order valence-corrected chi connectivity index (χ3v) is 6.55. The van der Waals surface area contributed by atoms with E-state index in [2.05, 4.69) is 0 Å². The van der Waals surface area contributed by atoms with Crippen LogP contribution in [0.1, 0.15) is 25.3 Å². The lowest BCUT2D eigenvalue weighted by Crippen LogP contribution is -2.46. The van der Waals surface area contributed by atoms with E-state index in [1.165, 1.54) is 43.8 Å². The Kier molecular flexibility index (Phi) is 9.22. The van der Waals surface area contributed by atoms with E-state index in [0.717, 1.165) is 4.31 Å². The maximum atomic E-state index is 13.3. The Morgan fingerprint density at radius 1 is 1.16 bits per heavy atom. The quantitative estimate of drug-likeness (QED) is 0.290. The van der Waals surface area contributed by atoms with Gasteiger partial charge < -0.3 is 9.47 Å². The van der Waals surface area contributed by atoms with Crippen molar-refractivity contribution < 1.29 is 32.3 Å². The van der Waals surface area contributed by atoms with Gasteiger partial charge >= 0.3 is 0 Å². The summed E-state index contributed by atoms with van der Waals surface area (Å²) in [6.45, 7) is 1.18. The van der Waals surface area contributed by atoms with Crippen LogP contribution in [0.2, 0.25) is 0 Å². The summed E-state index contributed by atoms with van der Waals surface area (Å²) in [6.07, 6.45) is 0.954. The van der Waals surface area contributed by atoms with Crippen LogP contribution in [0.5, 0.6) is 11.5 Å². The van der Waals surface area contributed by atoms with E-state index in [9.17, 15) is 17.6 Å². The molecule has 1 amide bonds. The molecule has 2 N–H and O–H groups in total. The Hall–Kier alpha value is -2.69. The minimum atomic E-state index is -4.10. The molecule has 0 aromatic heterocycles. The zero-order chi connectivity index (χ0) is 22.9. The van der Waals surface area contributed by atoms with Gasteiger partial charge in [-0.05, 0) is 61.7 Å². The Balaban J connectivity index is 2.29. The first-order valence-corrected chi connectivity index (χ1v) is 11.1. The minimum Gasteiger partial charge on any atom is -0.497 e. The van der Waals surface area contributed by atoms with Crippen LogP contribution in [0.25, 0.3) is 0 Å². The summed E-state index contributed by atoms with van der Waals surface area (Å²) < 4.78 is 50.4. The molecule has 8 nitrogen and oxygen atoms in total. The number of halogens is 1. The highest BCUT2D eigenvalue weighted by Gasteiger charge is 2.33. The van der Waals surface area contributed by atoms with Gasteiger partial charge in [0.15, 0.2) is 0 Å². The number of amides is 1. The second kappa shape index (κ2) is 11.6. The lowest BCUT2D eigenvalue weighted by Gasteiger charge is -2.27. The van der Waals surface area contributed by atoms with Crippen LogP contribution in [0.4, 0.5) is 4.39 Å². The lowest BCUT2D eigenvalue weighted by molar-refractivity contribution is -0.132. The van der Waals surface area contributed by atoms with E-state index in [4.69, 9.17) is 14.7 Å². The van der Waals surface area contributed by atoms with Gasteiger partial charge in [-0.15, -0.1) is 0 Å². The molecule has 0 aliphatic heterocycles. The number of nitrogens with zero attached hydrogens (tertiary/aromatic N) is 1. The van der Waals surface area contributed by atoms with Crippen LogP contribution in [0.15, 0.2) is 53.4 Å². The average Bonchev–Trinajstić information content (AvgIpc) is 2.79. The number of nitrogens with one attached hydrogen (secondary N) is 1. The molecule has 170 valence electrons. The number of carbonyl (C=O) groups excluding carboxylic acids is 1. The highest BCUT2D eigenvalue weighted by molar-refractivity contribution is 7.89. The van der Waals surface area contributed by atoms with Crippen molar-refractivity contribution in [1.29, 1.82) is 0 Å². The summed E-state index contributed by atoms with van der Waals surface area (Å²) in [6, 6.07) is 11.4. The van der Waals surface area contributed by atoms with Gasteiger partial charge in [0, 0.05) is 6.54 Å². The molecule has 0 fully saturated rings. The molecule has 0 unspecified atom stereocenters. The summed E-state index contributed by atoms with van der Waals surface area (Å²) in [5, 5.41) is 9.01. The molecule has 0 aliphatic carbocycles. The largest absolute Gasteiger partial charge is 0.497 e. The molecule has 0 radical (unpaired) electrons. The molecule has 0 bridgehead atoms. The fourth-order valence-corrected chi connectivity index (χ4v) is 4.42. The van der Waals surface area contributed by atoms with Crippen molar-refractivity contribution in [2.45, 2.75) is 37.2 Å². The number of alkyl halides is 1. The molecule has 0 heterocycles. The predicted octanol–water partition coefficient (Wildman–Crippen LogP) is 2.91. The van der Waals surface area contributed by atoms with E-state index in [1.54, 1.807) is 24.3 Å². The van der Waals surface area contributed by atoms with Crippen molar-refractivity contribution in [3.05, 3.63) is 54.1 Å². The summed E-state index contributed by atoms with van der Waals surface area (Å²) in [7, 11) is -2.61. The van der Waals surface area contributed by atoms with E-state index in [0.29, 0.717) is 36.5 Å². The van der Waals surface area contributed by atoms with E-state index in [-0.39, 0.29) is 11.4 Å². The second-order valence-electron chi connectivity index (χ2n) is 6.77. The number of carbonyl (C=O) groups is 1. The number of rotatable bonds is 12. The zero-order valence-electron chi connectivity index (χ0n) is 17.5. The third kappa shape index (κ3) is 6.65. The highest BCUT2D eigenvalue weighted by Crippen LogP contribution is 2.25. The summed E-state index contributed by atoms with van der Waals surface area (Å²) in [5.41, 5.74) is 2.11. The SMILES string of the molecule is COc1cccc(CN([C@H](C)C(=O)NO)S(=O)(=O)c2ccc(OCCCCF)cc2)c1. The molecule has 0 spiro atoms. The highest BCUT2D eigenvalue weighted by atomic mass is 32.2. The molecule has 0 saturated heterocycles. The molecular weight excluding hydrogens is 427 g/mol. The maximum absolute atomic E-state index is 13.3. The van der Waals surface area contributed by atoms with Crippen LogP contribution < -0.4 is 15.0 Å². The zero-order valence-corrected chi connectivity index (χ0v) is 18.3. The standard InChI is InChI=1S/C21H27FN2O6S/c1-16(21(25)23-26)24(15-17-6-5-7-19(14-17)29-2)31(27,28)20-10-8-18(9-11-20)30-13-4-3-12-22/h5-11,14,16,26H,3-4,12-13,15H2,1-2H3,(H,23,25)/t16-/m1/s1. The van der Waals surface area contributed by atoms with Gasteiger partial charge in [0.2, 0.25) is 10.0 Å². The lowest BCUT2D eigenvalue weighted by atomic mass is 10.2. The number of ether oxygens (including phenoxy) is 2. The molecule has 2 aromatic rings. The minimum absolute atomic E-state index is 0.0379. The fraction of sp³-hybridized carbons (Fsp3) is 0.381. The monoisotopic (exact) mass is 454 g/mol. The summed E-state index contributed by atoms with van der Waals surface area (Å²) in [5.74, 6) is 0.140. The van der Waals surface area contributed by atoms with Crippen LogP contribution in [0, 0.1) is 0 Å². The summed E-state index contributed by atoms with van der Waals surface area (Å²) >= 11 is 0. The Bertz CT molecular complexity index is 953. The fourth-order valence-electron chi connectivity index (χ4n) is 2.83. The number of benzene rings is 2. The van der Waals surface area contributed by atoms with Gasteiger partial charge in [0.05, 0.1) is 25.3 Å². The molecule has 10 heteroatoms. The average molecular weight is 455 g/mol. The predicted molar refractivity (Wildman–Crippen MR) is 112 cm³/mol. The van der Waals surface area contributed by atoms with E-state index >= 15 is 0 Å². The van der Waals surface area contributed by atoms with Crippen LogP contribution in [0.3, 0.4) is 0 Å². The first-order valence-electron chi connectivity index (χ1n) is 9.71. The smallest absolute Gasteiger partial charge is 0.261 e. The first-order chi connectivity index (χ1) is 14.8. The van der Waals surface area contributed by atoms with E-state index < -0.39 is 28.6 Å². The van der Waals surface area contributed by atoms with Gasteiger partial charge in [-0.1, -0.05) is 12.1 Å². The molecule has 1 atom stereocenters. The van der Waals surface area contributed by atoms with Crippen molar-refractivity contribution in [3.8, 4) is 11.5 Å². The number of hydrogen-bond donors (Lipinski definition) is 2. The molecule has 31 heavy (non-hydrogen) atoms. The van der Waals surface area contributed by atoms with Crippen LogP contribution in [-0.2, 0) is 21.4 Å². The van der Waals surface area contributed by atoms with Crippen LogP contribution in [-0.4, -0.2) is 50.3 Å². The Labute approximate surface area is 181 Å². The topological polar surface area (TPSA) is 105 Å². The van der Waals surface area contributed by atoms with Gasteiger partial charge in [0.25, 0.3) is 5.91 Å². The normalized spacial score (nSPS) is 12.4. The number of methoxy groups -OCH3 is 1. The van der Waals surface area contributed by atoms with Crippen molar-refractivity contribution in [2.24, 2.45) is 0 Å². The van der Waals surface area contributed by atoms with Gasteiger partial charge in [0.1, 0.15) is 17.5 Å². The van der Waals surface area contributed by atoms with Gasteiger partial charge in [-0.25, -0.2) is 13.9 Å². The van der Waals surface area contributed by atoms with Gasteiger partial charge in [-0.3, -0.25) is 14.4 Å². The number of sulfonamides is 1. The Morgan fingerprint density at radius 2 is 1.87 bits per heavy atom. The molecule has 2 rings (SSSR count). The van der Waals surface area contributed by atoms with Crippen molar-refractivity contribution >= 4 is 15.9 Å².